The van der Waals surface area contributed by atoms with Crippen molar-refractivity contribution >= 4 is 17.7 Å². The van der Waals surface area contributed by atoms with Crippen molar-refractivity contribution in [3.63, 3.8) is 0 Å². The van der Waals surface area contributed by atoms with Crippen molar-refractivity contribution in [3.8, 4) is 0 Å². The molecule has 1 saturated carbocycles. The number of carbonyl (C=O) groups is 3. The van der Waals surface area contributed by atoms with Gasteiger partial charge in [0.1, 0.15) is 0 Å². The van der Waals surface area contributed by atoms with Gasteiger partial charge in [-0.05, 0) is 20.3 Å². The Labute approximate surface area is 112 Å². The smallest absolute Gasteiger partial charge is 0.331 e. The van der Waals surface area contributed by atoms with Crippen LogP contribution in [0.3, 0.4) is 0 Å². The van der Waals surface area contributed by atoms with E-state index in [1.54, 1.807) is 13.8 Å². The molecule has 0 bridgehead atoms. The highest BCUT2D eigenvalue weighted by atomic mass is 16.6. The summed E-state index contributed by atoms with van der Waals surface area (Å²) in [5.41, 5.74) is -0.348. The standard InChI is InChI=1S/C14H20O5/c1-9(2)18-11(16)5-6-12(17)19-13-10(15)7-8-14(13,3)4/h5-6,9,13H,7-8H2,1-4H3/b6-5+. The Balaban J connectivity index is 2.54. The minimum atomic E-state index is -0.731. The predicted molar refractivity (Wildman–Crippen MR) is 68.3 cm³/mol. The van der Waals surface area contributed by atoms with Crippen LogP contribution in [-0.2, 0) is 23.9 Å². The normalized spacial score (nSPS) is 21.9. The average Bonchev–Trinajstić information content (AvgIpc) is 2.52. The molecule has 1 fully saturated rings. The Kier molecular flexibility index (Phi) is 4.86. The van der Waals surface area contributed by atoms with Gasteiger partial charge < -0.3 is 9.47 Å². The molecule has 0 aromatic heterocycles. The number of hydrogen-bond acceptors (Lipinski definition) is 5. The van der Waals surface area contributed by atoms with Crippen LogP contribution in [0.5, 0.6) is 0 Å². The maximum atomic E-state index is 11.6. The first-order valence-corrected chi connectivity index (χ1v) is 6.34. The van der Waals surface area contributed by atoms with Crippen LogP contribution in [0.1, 0.15) is 40.5 Å². The molecule has 1 aliphatic rings. The topological polar surface area (TPSA) is 69.7 Å². The van der Waals surface area contributed by atoms with E-state index in [0.717, 1.165) is 12.2 Å². The summed E-state index contributed by atoms with van der Waals surface area (Å²) in [4.78, 5) is 34.4. The number of rotatable bonds is 4. The van der Waals surface area contributed by atoms with Crippen molar-refractivity contribution in [2.75, 3.05) is 0 Å². The van der Waals surface area contributed by atoms with Gasteiger partial charge in [-0.15, -0.1) is 0 Å². The fraction of sp³-hybridized carbons (Fsp3) is 0.643. The average molecular weight is 268 g/mol. The highest BCUT2D eigenvalue weighted by molar-refractivity contribution is 5.94. The molecule has 0 N–H and O–H groups in total. The number of carbonyl (C=O) groups excluding carboxylic acids is 3. The zero-order valence-corrected chi connectivity index (χ0v) is 11.8. The summed E-state index contributed by atoms with van der Waals surface area (Å²) in [6.07, 6.45) is 2.14. The number of ether oxygens (including phenoxy) is 2. The van der Waals surface area contributed by atoms with Gasteiger partial charge in [-0.2, -0.15) is 0 Å². The van der Waals surface area contributed by atoms with E-state index in [2.05, 4.69) is 0 Å². The third-order valence-corrected chi connectivity index (χ3v) is 2.96. The molecule has 0 aromatic carbocycles. The lowest BCUT2D eigenvalue weighted by molar-refractivity contribution is -0.154. The zero-order valence-electron chi connectivity index (χ0n) is 11.8. The first-order chi connectivity index (χ1) is 8.72. The van der Waals surface area contributed by atoms with E-state index in [0.29, 0.717) is 12.8 Å². The molecule has 1 rings (SSSR count). The van der Waals surface area contributed by atoms with Crippen LogP contribution in [0.15, 0.2) is 12.2 Å². The largest absolute Gasteiger partial charge is 0.460 e. The van der Waals surface area contributed by atoms with Crippen molar-refractivity contribution in [1.82, 2.24) is 0 Å². The molecule has 19 heavy (non-hydrogen) atoms. The van der Waals surface area contributed by atoms with Crippen molar-refractivity contribution in [3.05, 3.63) is 12.2 Å². The lowest BCUT2D eigenvalue weighted by atomic mass is 9.89. The third-order valence-electron chi connectivity index (χ3n) is 2.96. The van der Waals surface area contributed by atoms with E-state index in [-0.39, 0.29) is 17.3 Å². The molecule has 5 heteroatoms. The third kappa shape index (κ3) is 4.50. The van der Waals surface area contributed by atoms with Crippen molar-refractivity contribution < 1.29 is 23.9 Å². The number of esters is 2. The number of ketones is 1. The quantitative estimate of drug-likeness (QED) is 0.574. The van der Waals surface area contributed by atoms with E-state index in [1.807, 2.05) is 13.8 Å². The molecule has 0 radical (unpaired) electrons. The van der Waals surface area contributed by atoms with Crippen LogP contribution in [0.4, 0.5) is 0 Å². The molecule has 0 aromatic rings. The lowest BCUT2D eigenvalue weighted by Crippen LogP contribution is -2.33. The Bertz CT molecular complexity index is 406. The zero-order chi connectivity index (χ0) is 14.6. The highest BCUT2D eigenvalue weighted by Crippen LogP contribution is 2.37. The summed E-state index contributed by atoms with van der Waals surface area (Å²) < 4.78 is 9.94. The molecule has 0 spiro atoms. The molecule has 0 saturated heterocycles. The van der Waals surface area contributed by atoms with Crippen LogP contribution in [0.25, 0.3) is 0 Å². The fourth-order valence-corrected chi connectivity index (χ4v) is 1.93. The van der Waals surface area contributed by atoms with Gasteiger partial charge >= 0.3 is 11.9 Å². The summed E-state index contributed by atoms with van der Waals surface area (Å²) in [7, 11) is 0. The van der Waals surface area contributed by atoms with E-state index >= 15 is 0 Å². The second-order valence-corrected chi connectivity index (χ2v) is 5.59. The van der Waals surface area contributed by atoms with Crippen LogP contribution in [0.2, 0.25) is 0 Å². The molecule has 5 nitrogen and oxygen atoms in total. The van der Waals surface area contributed by atoms with Gasteiger partial charge in [-0.3, -0.25) is 4.79 Å². The SMILES string of the molecule is CC(C)OC(=O)/C=C/C(=O)OC1C(=O)CCC1(C)C. The van der Waals surface area contributed by atoms with Gasteiger partial charge in [-0.1, -0.05) is 13.8 Å². The molecule has 1 unspecified atom stereocenters. The van der Waals surface area contributed by atoms with Gasteiger partial charge in [-0.25, -0.2) is 9.59 Å². The Morgan fingerprint density at radius 2 is 1.84 bits per heavy atom. The molecule has 1 aliphatic carbocycles. The van der Waals surface area contributed by atoms with Gasteiger partial charge in [0.25, 0.3) is 0 Å². The van der Waals surface area contributed by atoms with Crippen molar-refractivity contribution in [1.29, 1.82) is 0 Å². The maximum Gasteiger partial charge on any atom is 0.331 e. The minimum Gasteiger partial charge on any atom is -0.460 e. The Hall–Kier alpha value is -1.65. The summed E-state index contributed by atoms with van der Waals surface area (Å²) >= 11 is 0. The molecule has 106 valence electrons. The van der Waals surface area contributed by atoms with Crippen LogP contribution >= 0.6 is 0 Å². The minimum absolute atomic E-state index is 0.0727. The molecule has 1 atom stereocenters. The fourth-order valence-electron chi connectivity index (χ4n) is 1.93. The van der Waals surface area contributed by atoms with Crippen LogP contribution in [0, 0.1) is 5.41 Å². The lowest BCUT2D eigenvalue weighted by Gasteiger charge is -2.24. The van der Waals surface area contributed by atoms with Gasteiger partial charge in [0.2, 0.25) is 0 Å². The van der Waals surface area contributed by atoms with Crippen LogP contribution < -0.4 is 0 Å². The van der Waals surface area contributed by atoms with Crippen LogP contribution in [-0.4, -0.2) is 29.9 Å². The predicted octanol–water partition coefficient (Wildman–Crippen LogP) is 1.80. The molecule has 0 aliphatic heterocycles. The van der Waals surface area contributed by atoms with Gasteiger partial charge in [0, 0.05) is 24.0 Å². The van der Waals surface area contributed by atoms with E-state index in [4.69, 9.17) is 9.47 Å². The van der Waals surface area contributed by atoms with E-state index in [1.165, 1.54) is 0 Å². The second-order valence-electron chi connectivity index (χ2n) is 5.59. The summed E-state index contributed by atoms with van der Waals surface area (Å²) in [5, 5.41) is 0. The first-order valence-electron chi connectivity index (χ1n) is 6.34. The first kappa shape index (κ1) is 15.4. The molecular formula is C14H20O5. The Morgan fingerprint density at radius 3 is 2.32 bits per heavy atom. The summed E-state index contributed by atoms with van der Waals surface area (Å²) in [5.74, 6) is -1.38. The summed E-state index contributed by atoms with van der Waals surface area (Å²) in [6, 6.07) is 0. The monoisotopic (exact) mass is 268 g/mol. The van der Waals surface area contributed by atoms with Gasteiger partial charge in [0.05, 0.1) is 6.10 Å². The Morgan fingerprint density at radius 1 is 1.26 bits per heavy atom. The molecule has 0 heterocycles. The van der Waals surface area contributed by atoms with E-state index in [9.17, 15) is 14.4 Å². The van der Waals surface area contributed by atoms with Crippen molar-refractivity contribution in [2.24, 2.45) is 5.41 Å². The van der Waals surface area contributed by atoms with Crippen molar-refractivity contribution in [2.45, 2.75) is 52.7 Å². The molecular weight excluding hydrogens is 248 g/mol. The summed E-state index contributed by atoms with van der Waals surface area (Å²) in [6.45, 7) is 7.19. The highest BCUT2D eigenvalue weighted by Gasteiger charge is 2.43. The van der Waals surface area contributed by atoms with E-state index < -0.39 is 18.0 Å². The second kappa shape index (κ2) is 5.99. The van der Waals surface area contributed by atoms with Gasteiger partial charge in [0.15, 0.2) is 11.9 Å². The number of Topliss-reactive ketones (excluding diaryl/α,β-unsaturated/α-hetero) is 1. The molecule has 0 amide bonds. The maximum absolute atomic E-state index is 11.6. The number of hydrogen-bond donors (Lipinski definition) is 0.